The zero-order chi connectivity index (χ0) is 12.8. The maximum absolute atomic E-state index is 11.8. The van der Waals surface area contributed by atoms with E-state index >= 15 is 0 Å². The fraction of sp³-hybridized carbons (Fsp3) is 0.615. The molecule has 1 aromatic heterocycles. The number of hydrogen-bond acceptors (Lipinski definition) is 4. The van der Waals surface area contributed by atoms with Gasteiger partial charge in [0.15, 0.2) is 0 Å². The number of nitrogens with zero attached hydrogens (tertiary/aromatic N) is 1. The first-order valence-electron chi connectivity index (χ1n) is 6.37. The van der Waals surface area contributed by atoms with E-state index in [9.17, 15) is 4.79 Å². The van der Waals surface area contributed by atoms with Crippen LogP contribution in [0.25, 0.3) is 0 Å². The summed E-state index contributed by atoms with van der Waals surface area (Å²) in [5.74, 6) is 0.505. The highest BCUT2D eigenvalue weighted by Gasteiger charge is 2.14. The Labute approximate surface area is 112 Å². The fourth-order valence-electron chi connectivity index (χ4n) is 2.05. The summed E-state index contributed by atoms with van der Waals surface area (Å²) in [6, 6.07) is 3.75. The predicted molar refractivity (Wildman–Crippen MR) is 73.1 cm³/mol. The van der Waals surface area contributed by atoms with Crippen LogP contribution in [0.4, 0.5) is 0 Å². The summed E-state index contributed by atoms with van der Waals surface area (Å²) in [6.45, 7) is 7.58. The highest BCUT2D eigenvalue weighted by Crippen LogP contribution is 2.08. The van der Waals surface area contributed by atoms with E-state index in [1.807, 2.05) is 17.5 Å². The Morgan fingerprint density at radius 1 is 1.56 bits per heavy atom. The monoisotopic (exact) mass is 268 g/mol. The summed E-state index contributed by atoms with van der Waals surface area (Å²) in [5.41, 5.74) is 0. The smallest absolute Gasteiger partial charge is 0.261 e. The molecule has 0 spiro atoms. The number of thiophene rings is 1. The molecule has 0 radical (unpaired) electrons. The maximum Gasteiger partial charge on any atom is 0.261 e. The normalized spacial score (nSPS) is 18.5. The summed E-state index contributed by atoms with van der Waals surface area (Å²) < 4.78 is 5.32. The van der Waals surface area contributed by atoms with Crippen molar-refractivity contribution in [3.63, 3.8) is 0 Å². The van der Waals surface area contributed by atoms with Crippen molar-refractivity contribution in [1.82, 2.24) is 10.2 Å². The zero-order valence-electron chi connectivity index (χ0n) is 10.7. The van der Waals surface area contributed by atoms with E-state index in [4.69, 9.17) is 4.74 Å². The number of ether oxygens (including phenoxy) is 1. The molecule has 1 unspecified atom stereocenters. The molecule has 1 amide bonds. The van der Waals surface area contributed by atoms with Crippen molar-refractivity contribution in [1.29, 1.82) is 0 Å². The molecule has 1 fully saturated rings. The molecule has 1 N–H and O–H groups in total. The quantitative estimate of drug-likeness (QED) is 0.879. The number of hydrogen-bond donors (Lipinski definition) is 1. The van der Waals surface area contributed by atoms with Crippen molar-refractivity contribution in [2.75, 3.05) is 39.4 Å². The van der Waals surface area contributed by atoms with E-state index in [-0.39, 0.29) is 5.91 Å². The first-order valence-corrected chi connectivity index (χ1v) is 7.25. The largest absolute Gasteiger partial charge is 0.379 e. The van der Waals surface area contributed by atoms with Crippen LogP contribution in [0.15, 0.2) is 17.5 Å². The Balaban J connectivity index is 1.68. The van der Waals surface area contributed by atoms with Crippen molar-refractivity contribution >= 4 is 17.2 Å². The molecule has 4 nitrogen and oxygen atoms in total. The van der Waals surface area contributed by atoms with Gasteiger partial charge in [-0.1, -0.05) is 13.0 Å². The van der Waals surface area contributed by atoms with E-state index in [2.05, 4.69) is 17.1 Å². The van der Waals surface area contributed by atoms with Crippen molar-refractivity contribution in [2.24, 2.45) is 5.92 Å². The van der Waals surface area contributed by atoms with Crippen LogP contribution in [0.2, 0.25) is 0 Å². The zero-order valence-corrected chi connectivity index (χ0v) is 11.5. The number of nitrogens with one attached hydrogen (secondary N) is 1. The van der Waals surface area contributed by atoms with Gasteiger partial charge in [0, 0.05) is 26.2 Å². The van der Waals surface area contributed by atoms with Crippen molar-refractivity contribution in [3.8, 4) is 0 Å². The topological polar surface area (TPSA) is 41.6 Å². The molecule has 1 aromatic rings. The van der Waals surface area contributed by atoms with Gasteiger partial charge in [-0.3, -0.25) is 9.69 Å². The standard InChI is InChI=1S/C13H20N2O2S/c1-11(10-15-4-6-17-7-5-15)9-14-13(16)12-3-2-8-18-12/h2-3,8,11H,4-7,9-10H2,1H3,(H,14,16). The first kappa shape index (κ1) is 13.5. The molecule has 1 saturated heterocycles. The minimum absolute atomic E-state index is 0.0406. The number of amides is 1. The molecule has 2 rings (SSSR count). The molecular weight excluding hydrogens is 248 g/mol. The Kier molecular flexibility index (Phi) is 5.16. The van der Waals surface area contributed by atoms with Gasteiger partial charge in [-0.15, -0.1) is 11.3 Å². The van der Waals surface area contributed by atoms with Gasteiger partial charge in [0.2, 0.25) is 0 Å². The van der Waals surface area contributed by atoms with Crippen LogP contribution >= 0.6 is 11.3 Å². The lowest BCUT2D eigenvalue weighted by atomic mass is 10.1. The third-order valence-electron chi connectivity index (χ3n) is 3.03. The molecule has 0 aromatic carbocycles. The predicted octanol–water partition coefficient (Wildman–Crippen LogP) is 1.45. The van der Waals surface area contributed by atoms with Crippen molar-refractivity contribution in [2.45, 2.75) is 6.92 Å². The van der Waals surface area contributed by atoms with Gasteiger partial charge in [0.25, 0.3) is 5.91 Å². The second-order valence-corrected chi connectivity index (χ2v) is 5.65. The van der Waals surface area contributed by atoms with Gasteiger partial charge in [0.1, 0.15) is 0 Å². The van der Waals surface area contributed by atoms with Gasteiger partial charge in [-0.25, -0.2) is 0 Å². The van der Waals surface area contributed by atoms with Gasteiger partial charge in [-0.05, 0) is 17.4 Å². The van der Waals surface area contributed by atoms with Gasteiger partial charge < -0.3 is 10.1 Å². The Bertz CT molecular complexity index is 361. The lowest BCUT2D eigenvalue weighted by Gasteiger charge is -2.29. The number of morpholine rings is 1. The minimum atomic E-state index is 0.0406. The van der Waals surface area contributed by atoms with Crippen LogP contribution in [-0.4, -0.2) is 50.2 Å². The highest BCUT2D eigenvalue weighted by atomic mass is 32.1. The Hall–Kier alpha value is -0.910. The summed E-state index contributed by atoms with van der Waals surface area (Å²) >= 11 is 1.48. The minimum Gasteiger partial charge on any atom is -0.379 e. The van der Waals surface area contributed by atoms with Crippen molar-refractivity contribution in [3.05, 3.63) is 22.4 Å². The van der Waals surface area contributed by atoms with Gasteiger partial charge >= 0.3 is 0 Å². The summed E-state index contributed by atoms with van der Waals surface area (Å²) in [6.07, 6.45) is 0. The average Bonchev–Trinajstić information content (AvgIpc) is 2.91. The lowest BCUT2D eigenvalue weighted by Crippen LogP contribution is -2.41. The molecule has 1 atom stereocenters. The second-order valence-electron chi connectivity index (χ2n) is 4.71. The number of rotatable bonds is 5. The fourth-order valence-corrected chi connectivity index (χ4v) is 2.69. The molecule has 2 heterocycles. The molecule has 100 valence electrons. The van der Waals surface area contributed by atoms with E-state index in [1.165, 1.54) is 11.3 Å². The lowest BCUT2D eigenvalue weighted by molar-refractivity contribution is 0.0317. The molecular formula is C13H20N2O2S. The Morgan fingerprint density at radius 2 is 2.33 bits per heavy atom. The average molecular weight is 268 g/mol. The molecule has 0 aliphatic carbocycles. The SMILES string of the molecule is CC(CNC(=O)c1cccs1)CN1CCOCC1. The molecule has 5 heteroatoms. The molecule has 1 aliphatic rings. The van der Waals surface area contributed by atoms with E-state index in [0.29, 0.717) is 5.92 Å². The van der Waals surface area contributed by atoms with E-state index < -0.39 is 0 Å². The van der Waals surface area contributed by atoms with Crippen LogP contribution < -0.4 is 5.32 Å². The van der Waals surface area contributed by atoms with E-state index in [1.54, 1.807) is 0 Å². The Morgan fingerprint density at radius 3 is 3.00 bits per heavy atom. The van der Waals surface area contributed by atoms with Crippen LogP contribution in [-0.2, 0) is 4.74 Å². The van der Waals surface area contributed by atoms with Crippen LogP contribution in [0, 0.1) is 5.92 Å². The van der Waals surface area contributed by atoms with Gasteiger partial charge in [-0.2, -0.15) is 0 Å². The molecule has 18 heavy (non-hydrogen) atoms. The summed E-state index contributed by atoms with van der Waals surface area (Å²) in [4.78, 5) is 14.9. The number of carbonyl (C=O) groups excluding carboxylic acids is 1. The van der Waals surface area contributed by atoms with Crippen LogP contribution in [0.5, 0.6) is 0 Å². The third kappa shape index (κ3) is 4.08. The second kappa shape index (κ2) is 6.87. The van der Waals surface area contributed by atoms with Gasteiger partial charge in [0.05, 0.1) is 18.1 Å². The molecule has 0 saturated carbocycles. The third-order valence-corrected chi connectivity index (χ3v) is 3.90. The van der Waals surface area contributed by atoms with Crippen LogP contribution in [0.3, 0.4) is 0 Å². The molecule has 0 bridgehead atoms. The first-order chi connectivity index (χ1) is 8.75. The number of carbonyl (C=O) groups is 1. The van der Waals surface area contributed by atoms with Crippen molar-refractivity contribution < 1.29 is 9.53 Å². The highest BCUT2D eigenvalue weighted by molar-refractivity contribution is 7.12. The maximum atomic E-state index is 11.8. The summed E-state index contributed by atoms with van der Waals surface area (Å²) in [7, 11) is 0. The summed E-state index contributed by atoms with van der Waals surface area (Å²) in [5, 5.41) is 4.91. The van der Waals surface area contributed by atoms with E-state index in [0.717, 1.165) is 44.3 Å². The van der Waals surface area contributed by atoms with Crippen LogP contribution in [0.1, 0.15) is 16.6 Å². The molecule has 1 aliphatic heterocycles.